The van der Waals surface area contributed by atoms with E-state index in [4.69, 9.17) is 4.74 Å². The van der Waals surface area contributed by atoms with Crippen molar-refractivity contribution >= 4 is 5.97 Å². The van der Waals surface area contributed by atoms with Crippen molar-refractivity contribution in [3.8, 4) is 0 Å². The predicted molar refractivity (Wildman–Crippen MR) is 68.6 cm³/mol. The summed E-state index contributed by atoms with van der Waals surface area (Å²) in [5.74, 6) is -0.146. The normalized spacial score (nSPS) is 28.2. The molecule has 17 heavy (non-hydrogen) atoms. The zero-order valence-electron chi connectivity index (χ0n) is 10.7. The lowest BCUT2D eigenvalue weighted by Gasteiger charge is -2.12. The van der Waals surface area contributed by atoms with Gasteiger partial charge in [-0.15, -0.1) is 0 Å². The Morgan fingerprint density at radius 1 is 1.35 bits per heavy atom. The number of carbonyl (C=O) groups is 1. The Morgan fingerprint density at radius 3 is 2.88 bits per heavy atom. The van der Waals surface area contributed by atoms with Gasteiger partial charge in [0, 0.05) is 5.57 Å². The molecule has 0 aromatic rings. The zero-order chi connectivity index (χ0) is 12.3. The minimum Gasteiger partial charge on any atom is -0.454 e. The third-order valence-electron chi connectivity index (χ3n) is 3.48. The van der Waals surface area contributed by atoms with Gasteiger partial charge < -0.3 is 4.74 Å². The summed E-state index contributed by atoms with van der Waals surface area (Å²) in [6.07, 6.45) is 11.6. The Labute approximate surface area is 103 Å². The summed E-state index contributed by atoms with van der Waals surface area (Å²) >= 11 is 0. The van der Waals surface area contributed by atoms with Crippen LogP contribution in [0.15, 0.2) is 34.9 Å². The van der Waals surface area contributed by atoms with Gasteiger partial charge in [0.2, 0.25) is 0 Å². The van der Waals surface area contributed by atoms with Gasteiger partial charge in [0.15, 0.2) is 0 Å². The molecule has 0 amide bonds. The molecule has 0 aromatic heterocycles. The van der Waals surface area contributed by atoms with Crippen LogP contribution in [0, 0.1) is 0 Å². The van der Waals surface area contributed by atoms with Gasteiger partial charge in [0.1, 0.15) is 6.10 Å². The number of hydrogen-bond acceptors (Lipinski definition) is 2. The minimum atomic E-state index is -0.146. The lowest BCUT2D eigenvalue weighted by Crippen LogP contribution is -2.09. The summed E-state index contributed by atoms with van der Waals surface area (Å²) in [6.45, 7) is 4.09. The van der Waals surface area contributed by atoms with Gasteiger partial charge in [-0.05, 0) is 46.0 Å². The summed E-state index contributed by atoms with van der Waals surface area (Å²) < 4.78 is 5.44. The van der Waals surface area contributed by atoms with E-state index in [1.165, 1.54) is 5.57 Å². The highest BCUT2D eigenvalue weighted by Crippen LogP contribution is 2.31. The van der Waals surface area contributed by atoms with E-state index in [1.807, 2.05) is 13.0 Å². The molecular formula is C15H20O2. The summed E-state index contributed by atoms with van der Waals surface area (Å²) in [6, 6.07) is 0. The lowest BCUT2D eigenvalue weighted by atomic mass is 9.95. The van der Waals surface area contributed by atoms with Gasteiger partial charge in [-0.3, -0.25) is 0 Å². The molecule has 0 spiro atoms. The maximum atomic E-state index is 11.7. The van der Waals surface area contributed by atoms with E-state index in [0.29, 0.717) is 0 Å². The second kappa shape index (κ2) is 5.35. The molecule has 92 valence electrons. The highest BCUT2D eigenvalue weighted by atomic mass is 16.5. The molecule has 1 atom stereocenters. The van der Waals surface area contributed by atoms with Crippen molar-refractivity contribution in [2.24, 2.45) is 0 Å². The molecule has 2 heteroatoms. The predicted octanol–water partition coefficient (Wildman–Crippen LogP) is 3.69. The van der Waals surface area contributed by atoms with Gasteiger partial charge >= 0.3 is 5.97 Å². The molecule has 0 radical (unpaired) electrons. The maximum Gasteiger partial charge on any atom is 0.338 e. The van der Waals surface area contributed by atoms with Crippen LogP contribution < -0.4 is 0 Å². The number of fused-ring (bicyclic) bond motifs is 1. The molecule has 1 heterocycles. The molecule has 0 saturated carbocycles. The molecule has 2 rings (SSSR count). The van der Waals surface area contributed by atoms with Crippen molar-refractivity contribution in [3.63, 3.8) is 0 Å². The molecule has 0 aromatic carbocycles. The molecule has 1 aliphatic carbocycles. The number of esters is 1. The first-order chi connectivity index (χ1) is 8.22. The van der Waals surface area contributed by atoms with E-state index in [9.17, 15) is 4.79 Å². The Bertz CT molecular complexity index is 399. The Hall–Kier alpha value is -1.31. The SMILES string of the molecule is CC=C1C(=O)OC2CCCC(C)=CCCC=C12. The molecule has 1 unspecified atom stereocenters. The smallest absolute Gasteiger partial charge is 0.338 e. The van der Waals surface area contributed by atoms with Crippen molar-refractivity contribution in [1.29, 1.82) is 0 Å². The van der Waals surface area contributed by atoms with Gasteiger partial charge in [0.05, 0.1) is 5.57 Å². The van der Waals surface area contributed by atoms with Crippen LogP contribution in [0.5, 0.6) is 0 Å². The van der Waals surface area contributed by atoms with Crippen molar-refractivity contribution in [3.05, 3.63) is 34.9 Å². The van der Waals surface area contributed by atoms with Gasteiger partial charge in [-0.25, -0.2) is 4.79 Å². The molecule has 1 aliphatic heterocycles. The second-order valence-corrected chi connectivity index (χ2v) is 4.78. The Morgan fingerprint density at radius 2 is 2.12 bits per heavy atom. The van der Waals surface area contributed by atoms with E-state index in [-0.39, 0.29) is 12.1 Å². The van der Waals surface area contributed by atoms with Crippen LogP contribution in [0.4, 0.5) is 0 Å². The average Bonchev–Trinajstić information content (AvgIpc) is 2.61. The summed E-state index contributed by atoms with van der Waals surface area (Å²) in [5, 5.41) is 0. The van der Waals surface area contributed by atoms with Crippen molar-refractivity contribution < 1.29 is 9.53 Å². The van der Waals surface area contributed by atoms with E-state index in [2.05, 4.69) is 19.1 Å². The third kappa shape index (κ3) is 2.68. The third-order valence-corrected chi connectivity index (χ3v) is 3.48. The number of ether oxygens (including phenoxy) is 1. The van der Waals surface area contributed by atoms with Crippen molar-refractivity contribution in [2.45, 2.75) is 52.1 Å². The summed E-state index contributed by atoms with van der Waals surface area (Å²) in [7, 11) is 0. The first-order valence-electron chi connectivity index (χ1n) is 6.45. The lowest BCUT2D eigenvalue weighted by molar-refractivity contribution is -0.138. The molecule has 0 bridgehead atoms. The molecule has 2 nitrogen and oxygen atoms in total. The van der Waals surface area contributed by atoms with Crippen molar-refractivity contribution in [1.82, 2.24) is 0 Å². The van der Waals surface area contributed by atoms with Crippen LogP contribution in [0.3, 0.4) is 0 Å². The average molecular weight is 232 g/mol. The van der Waals surface area contributed by atoms with Crippen LogP contribution in [-0.2, 0) is 9.53 Å². The Balaban J connectivity index is 2.21. The number of hydrogen-bond donors (Lipinski definition) is 0. The Kier molecular flexibility index (Phi) is 3.82. The zero-order valence-corrected chi connectivity index (χ0v) is 10.7. The quantitative estimate of drug-likeness (QED) is 0.361. The molecule has 1 saturated heterocycles. The molecule has 0 N–H and O–H groups in total. The number of rotatable bonds is 0. The monoisotopic (exact) mass is 232 g/mol. The number of allylic oxidation sites excluding steroid dienone is 4. The topological polar surface area (TPSA) is 26.3 Å². The van der Waals surface area contributed by atoms with Gasteiger partial charge in [-0.1, -0.05) is 23.8 Å². The molecule has 2 aliphatic rings. The molecular weight excluding hydrogens is 212 g/mol. The summed E-state index contributed by atoms with van der Waals surface area (Å²) in [5.41, 5.74) is 3.35. The van der Waals surface area contributed by atoms with E-state index >= 15 is 0 Å². The van der Waals surface area contributed by atoms with Crippen LogP contribution in [0.1, 0.15) is 46.0 Å². The fourth-order valence-corrected chi connectivity index (χ4v) is 2.52. The first-order valence-corrected chi connectivity index (χ1v) is 6.45. The van der Waals surface area contributed by atoms with Crippen LogP contribution in [-0.4, -0.2) is 12.1 Å². The van der Waals surface area contributed by atoms with Gasteiger partial charge in [-0.2, -0.15) is 0 Å². The fourth-order valence-electron chi connectivity index (χ4n) is 2.52. The summed E-state index contributed by atoms with van der Waals surface area (Å²) in [4.78, 5) is 11.7. The van der Waals surface area contributed by atoms with Crippen molar-refractivity contribution in [2.75, 3.05) is 0 Å². The highest BCUT2D eigenvalue weighted by Gasteiger charge is 2.33. The standard InChI is InChI=1S/C15H20O2/c1-3-12-13-9-5-4-7-11(2)8-6-10-14(13)17-15(12)16/h3,7,9,14H,4-6,8,10H2,1-2H3. The molecule has 1 fully saturated rings. The van der Waals surface area contributed by atoms with Crippen LogP contribution in [0.2, 0.25) is 0 Å². The van der Waals surface area contributed by atoms with E-state index in [0.717, 1.165) is 43.3 Å². The number of carbonyl (C=O) groups excluding carboxylic acids is 1. The van der Waals surface area contributed by atoms with Gasteiger partial charge in [0.25, 0.3) is 0 Å². The van der Waals surface area contributed by atoms with E-state index in [1.54, 1.807) is 0 Å². The minimum absolute atomic E-state index is 0.000370. The maximum absolute atomic E-state index is 11.7. The fraction of sp³-hybridized carbons (Fsp3) is 0.533. The van der Waals surface area contributed by atoms with Crippen LogP contribution >= 0.6 is 0 Å². The largest absolute Gasteiger partial charge is 0.454 e. The highest BCUT2D eigenvalue weighted by molar-refractivity contribution is 5.96. The van der Waals surface area contributed by atoms with E-state index < -0.39 is 0 Å². The second-order valence-electron chi connectivity index (χ2n) is 4.78. The van der Waals surface area contributed by atoms with Crippen LogP contribution in [0.25, 0.3) is 0 Å². The first kappa shape index (κ1) is 12.2.